The number of nitrogens with zero attached hydrogens (tertiary/aromatic N) is 2. The molecule has 1 aromatic carbocycles. The molecule has 9 nitrogen and oxygen atoms in total. The van der Waals surface area contributed by atoms with Gasteiger partial charge in [0.1, 0.15) is 18.1 Å². The molecule has 0 amide bonds. The Morgan fingerprint density at radius 2 is 1.94 bits per heavy atom. The Labute approximate surface area is 206 Å². The van der Waals surface area contributed by atoms with Gasteiger partial charge in [-0.2, -0.15) is 0 Å². The molecule has 2 aromatic heterocycles. The number of hydrogen-bond acceptors (Lipinski definition) is 8. The third kappa shape index (κ3) is 3.49. The monoisotopic (exact) mass is 490 g/mol. The van der Waals surface area contributed by atoms with E-state index in [9.17, 15) is 24.3 Å². The van der Waals surface area contributed by atoms with Gasteiger partial charge < -0.3 is 23.9 Å². The first-order valence-electron chi connectivity index (χ1n) is 12.0. The summed E-state index contributed by atoms with van der Waals surface area (Å²) in [4.78, 5) is 55.4. The number of rotatable bonds is 6. The molecule has 2 aliphatic heterocycles. The Morgan fingerprint density at radius 3 is 2.64 bits per heavy atom. The topological polar surface area (TPSA) is 125 Å². The van der Waals surface area contributed by atoms with E-state index in [2.05, 4.69) is 0 Å². The number of cyclic esters (lactones) is 1. The molecule has 0 saturated heterocycles. The van der Waals surface area contributed by atoms with Crippen LogP contribution in [0.25, 0.3) is 22.3 Å². The number of phenolic OH excluding ortho intramolecular Hbond substituents is 1. The number of fused-ring (bicyclic) bond motifs is 5. The second kappa shape index (κ2) is 8.58. The summed E-state index contributed by atoms with van der Waals surface area (Å²) in [7, 11) is 0. The minimum absolute atomic E-state index is 0.00685. The van der Waals surface area contributed by atoms with E-state index in [1.54, 1.807) is 35.8 Å². The molecule has 0 unspecified atom stereocenters. The molecule has 0 saturated carbocycles. The van der Waals surface area contributed by atoms with Crippen molar-refractivity contribution in [1.82, 2.24) is 9.55 Å². The number of esters is 2. The summed E-state index contributed by atoms with van der Waals surface area (Å²) in [6.07, 6.45) is 0.548. The summed E-state index contributed by atoms with van der Waals surface area (Å²) in [6.45, 7) is 5.13. The van der Waals surface area contributed by atoms with Gasteiger partial charge in [0.25, 0.3) is 5.56 Å². The number of aromatic hydroxyl groups is 1. The first-order chi connectivity index (χ1) is 17.2. The van der Waals surface area contributed by atoms with Gasteiger partial charge in [0.05, 0.1) is 35.4 Å². The summed E-state index contributed by atoms with van der Waals surface area (Å²) in [5, 5.41) is 10.8. The fourth-order valence-corrected chi connectivity index (χ4v) is 5.23. The molecular formula is C27H26N2O7. The van der Waals surface area contributed by atoms with Gasteiger partial charge in [-0.25, -0.2) is 9.78 Å². The van der Waals surface area contributed by atoms with Crippen molar-refractivity contribution in [1.29, 1.82) is 0 Å². The van der Waals surface area contributed by atoms with Gasteiger partial charge in [0.2, 0.25) is 5.60 Å². The van der Waals surface area contributed by atoms with Crippen molar-refractivity contribution in [2.45, 2.75) is 65.2 Å². The maximum Gasteiger partial charge on any atom is 0.355 e. The second-order valence-electron chi connectivity index (χ2n) is 9.22. The second-order valence-corrected chi connectivity index (χ2v) is 9.22. The van der Waals surface area contributed by atoms with Gasteiger partial charge in [0, 0.05) is 22.9 Å². The van der Waals surface area contributed by atoms with Crippen LogP contribution in [0.5, 0.6) is 5.75 Å². The van der Waals surface area contributed by atoms with Crippen molar-refractivity contribution < 1.29 is 29.0 Å². The number of pyridine rings is 2. The minimum atomic E-state index is -1.78. The van der Waals surface area contributed by atoms with Crippen molar-refractivity contribution >= 4 is 28.6 Å². The van der Waals surface area contributed by atoms with Crippen molar-refractivity contribution in [3.8, 4) is 17.1 Å². The zero-order chi connectivity index (χ0) is 25.8. The number of aryl methyl sites for hydroxylation is 1. The van der Waals surface area contributed by atoms with E-state index in [-0.39, 0.29) is 48.5 Å². The number of carbonyl (C=O) groups is 3. The average molecular weight is 491 g/mol. The fraction of sp³-hybridized carbons (Fsp3) is 0.370. The molecule has 36 heavy (non-hydrogen) atoms. The van der Waals surface area contributed by atoms with Gasteiger partial charge in [-0.05, 0) is 49.6 Å². The summed E-state index contributed by atoms with van der Waals surface area (Å²) < 4.78 is 12.6. The van der Waals surface area contributed by atoms with Gasteiger partial charge in [0.15, 0.2) is 0 Å². The molecule has 9 heteroatoms. The maximum atomic E-state index is 13.7. The summed E-state index contributed by atoms with van der Waals surface area (Å²) >= 11 is 0. The van der Waals surface area contributed by atoms with Crippen LogP contribution in [0, 0.1) is 0 Å². The van der Waals surface area contributed by atoms with Crippen LogP contribution < -0.4 is 5.56 Å². The molecule has 0 aliphatic carbocycles. The molecule has 3 aromatic rings. The molecule has 2 aliphatic rings. The molecule has 0 radical (unpaired) electrons. The molecule has 0 spiro atoms. The van der Waals surface area contributed by atoms with E-state index in [1.807, 2.05) is 6.92 Å². The highest BCUT2D eigenvalue weighted by molar-refractivity contribution is 5.91. The van der Waals surface area contributed by atoms with E-state index >= 15 is 0 Å². The minimum Gasteiger partial charge on any atom is -0.508 e. The van der Waals surface area contributed by atoms with Crippen molar-refractivity contribution in [2.75, 3.05) is 0 Å². The molecule has 1 atom stereocenters. The quantitative estimate of drug-likeness (QED) is 0.408. The Bertz CT molecular complexity index is 1520. The predicted octanol–water partition coefficient (Wildman–Crippen LogP) is 3.27. The van der Waals surface area contributed by atoms with Gasteiger partial charge in [-0.3, -0.25) is 9.59 Å². The lowest BCUT2D eigenvalue weighted by atomic mass is 9.85. The summed E-state index contributed by atoms with van der Waals surface area (Å²) in [5.74, 6) is -1.49. The van der Waals surface area contributed by atoms with Crippen LogP contribution in [0.1, 0.15) is 62.3 Å². The highest BCUT2D eigenvalue weighted by Gasteiger charge is 2.50. The Hall–Kier alpha value is -4.01. The molecule has 1 N–H and O–H groups in total. The van der Waals surface area contributed by atoms with Crippen LogP contribution in [-0.2, 0) is 49.0 Å². The molecule has 0 fully saturated rings. The van der Waals surface area contributed by atoms with E-state index in [0.717, 1.165) is 16.5 Å². The standard InChI is InChI=1S/C27H26N2O7/c1-4-16-17-10-15(31)7-8-21(17)28-24-18(16)12-29-22(24)11-20-19(25(29)33)13-35-26(34)27(20,5-2)36-23(32)9-6-14(3)30/h7-8,10-11,31H,4-6,9,12-13H2,1-3H3/t27-/m0/s1. The third-order valence-corrected chi connectivity index (χ3v) is 7.08. The van der Waals surface area contributed by atoms with E-state index in [4.69, 9.17) is 14.5 Å². The smallest absolute Gasteiger partial charge is 0.355 e. The SMILES string of the molecule is CCc1c2c(nc3ccc(O)cc13)-c1cc3c(c(=O)n1C2)COC(=O)[C@@]3(CC)OC(=O)CCC(C)=O. The van der Waals surface area contributed by atoms with Gasteiger partial charge in [-0.15, -0.1) is 0 Å². The number of hydrogen-bond donors (Lipinski definition) is 1. The lowest BCUT2D eigenvalue weighted by Crippen LogP contribution is -2.47. The Morgan fingerprint density at radius 1 is 1.17 bits per heavy atom. The number of aromatic nitrogens is 2. The number of ether oxygens (including phenoxy) is 2. The van der Waals surface area contributed by atoms with Gasteiger partial charge >= 0.3 is 11.9 Å². The summed E-state index contributed by atoms with van der Waals surface area (Å²) in [6, 6.07) is 6.68. The van der Waals surface area contributed by atoms with Crippen LogP contribution >= 0.6 is 0 Å². The predicted molar refractivity (Wildman–Crippen MR) is 129 cm³/mol. The molecule has 5 rings (SSSR count). The highest BCUT2D eigenvalue weighted by atomic mass is 16.6. The van der Waals surface area contributed by atoms with Crippen molar-refractivity contribution in [2.24, 2.45) is 0 Å². The van der Waals surface area contributed by atoms with Crippen molar-refractivity contribution in [3.63, 3.8) is 0 Å². The fourth-order valence-electron chi connectivity index (χ4n) is 5.23. The van der Waals surface area contributed by atoms with Crippen LogP contribution in [-0.4, -0.2) is 32.4 Å². The Balaban J connectivity index is 1.70. The lowest BCUT2D eigenvalue weighted by molar-refractivity contribution is -0.189. The molecule has 4 heterocycles. The van der Waals surface area contributed by atoms with Gasteiger partial charge in [-0.1, -0.05) is 13.8 Å². The van der Waals surface area contributed by atoms with Crippen LogP contribution in [0.3, 0.4) is 0 Å². The first-order valence-corrected chi connectivity index (χ1v) is 12.0. The van der Waals surface area contributed by atoms with Crippen LogP contribution in [0.15, 0.2) is 29.1 Å². The van der Waals surface area contributed by atoms with E-state index < -0.39 is 17.5 Å². The number of carbonyl (C=O) groups excluding carboxylic acids is 3. The molecule has 0 bridgehead atoms. The van der Waals surface area contributed by atoms with Crippen LogP contribution in [0.4, 0.5) is 0 Å². The highest BCUT2D eigenvalue weighted by Crippen LogP contribution is 2.42. The molecular weight excluding hydrogens is 464 g/mol. The number of benzene rings is 1. The summed E-state index contributed by atoms with van der Waals surface area (Å²) in [5.41, 5.74) is 2.13. The maximum absolute atomic E-state index is 13.7. The van der Waals surface area contributed by atoms with Crippen molar-refractivity contribution in [3.05, 3.63) is 56.9 Å². The number of ketones is 1. The third-order valence-electron chi connectivity index (χ3n) is 7.08. The van der Waals surface area contributed by atoms with Crippen LogP contribution in [0.2, 0.25) is 0 Å². The zero-order valence-corrected chi connectivity index (χ0v) is 20.3. The number of phenols is 1. The van der Waals surface area contributed by atoms with E-state index in [1.165, 1.54) is 6.92 Å². The zero-order valence-electron chi connectivity index (χ0n) is 20.3. The largest absolute Gasteiger partial charge is 0.508 e. The number of Topliss-reactive ketones (excluding diaryl/α,β-unsaturated/α-hetero) is 1. The van der Waals surface area contributed by atoms with E-state index in [0.29, 0.717) is 35.4 Å². The normalized spacial score (nSPS) is 17.8. The first kappa shape index (κ1) is 23.7. The average Bonchev–Trinajstić information content (AvgIpc) is 3.22. The lowest BCUT2D eigenvalue weighted by Gasteiger charge is -2.35. The Kier molecular flexibility index (Phi) is 5.65. The molecule has 186 valence electrons.